The van der Waals surface area contributed by atoms with Crippen molar-refractivity contribution in [1.29, 1.82) is 0 Å². The minimum Gasteiger partial charge on any atom is -0.406 e. The summed E-state index contributed by atoms with van der Waals surface area (Å²) in [7, 11) is 0. The van der Waals surface area contributed by atoms with E-state index in [2.05, 4.69) is 20.4 Å². The van der Waals surface area contributed by atoms with Crippen molar-refractivity contribution >= 4 is 34.0 Å². The lowest BCUT2D eigenvalue weighted by Crippen LogP contribution is -2.24. The highest BCUT2D eigenvalue weighted by molar-refractivity contribution is 7.16. The fraction of sp³-hybridized carbons (Fsp3) is 0.227. The SMILES string of the molecule is O=C(Nc1nc2c(s1)CCCC2C(=O)Nc1ccc(OC(F)(F)F)cc1)c1ccccc1. The van der Waals surface area contributed by atoms with Gasteiger partial charge in [-0.3, -0.25) is 14.9 Å². The van der Waals surface area contributed by atoms with Crippen LogP contribution in [0.2, 0.25) is 0 Å². The monoisotopic (exact) mass is 461 g/mol. The molecule has 0 aliphatic heterocycles. The Balaban J connectivity index is 1.44. The van der Waals surface area contributed by atoms with Gasteiger partial charge in [0, 0.05) is 16.1 Å². The van der Waals surface area contributed by atoms with Gasteiger partial charge in [0.15, 0.2) is 5.13 Å². The van der Waals surface area contributed by atoms with Crippen molar-refractivity contribution < 1.29 is 27.5 Å². The summed E-state index contributed by atoms with van der Waals surface area (Å²) in [5.41, 5.74) is 1.48. The number of benzene rings is 2. The molecule has 32 heavy (non-hydrogen) atoms. The summed E-state index contributed by atoms with van der Waals surface area (Å²) in [6.07, 6.45) is -2.63. The lowest BCUT2D eigenvalue weighted by molar-refractivity contribution is -0.274. The molecule has 2 N–H and O–H groups in total. The number of anilines is 2. The molecule has 1 aliphatic rings. The van der Waals surface area contributed by atoms with Crippen molar-refractivity contribution in [2.75, 3.05) is 10.6 Å². The zero-order valence-corrected chi connectivity index (χ0v) is 17.4. The minimum absolute atomic E-state index is 0.279. The second-order valence-electron chi connectivity index (χ2n) is 7.15. The minimum atomic E-state index is -4.78. The number of hydrogen-bond acceptors (Lipinski definition) is 5. The number of rotatable bonds is 5. The number of alkyl halides is 3. The van der Waals surface area contributed by atoms with Crippen LogP contribution in [0.15, 0.2) is 54.6 Å². The lowest BCUT2D eigenvalue weighted by Gasteiger charge is -2.20. The highest BCUT2D eigenvalue weighted by atomic mass is 32.1. The molecule has 0 saturated carbocycles. The molecule has 6 nitrogen and oxygen atoms in total. The molecule has 0 bridgehead atoms. The van der Waals surface area contributed by atoms with Crippen LogP contribution in [0.1, 0.15) is 39.7 Å². The third-order valence-corrected chi connectivity index (χ3v) is 5.93. The second-order valence-corrected chi connectivity index (χ2v) is 8.24. The van der Waals surface area contributed by atoms with Gasteiger partial charge in [-0.25, -0.2) is 4.98 Å². The standard InChI is InChI=1S/C22H18F3N3O3S/c23-22(24,25)31-15-11-9-14(10-12-15)26-20(30)16-7-4-8-17-18(16)27-21(32-17)28-19(29)13-5-2-1-3-6-13/h1-3,5-6,9-12,16H,4,7-8H2,(H,26,30)(H,27,28,29). The number of aryl methyl sites for hydroxylation is 1. The number of halogens is 3. The van der Waals surface area contributed by atoms with Crippen LogP contribution in [0, 0.1) is 0 Å². The average Bonchev–Trinajstić information content (AvgIpc) is 3.17. The molecule has 1 unspecified atom stereocenters. The first-order chi connectivity index (χ1) is 15.3. The first kappa shape index (κ1) is 21.8. The van der Waals surface area contributed by atoms with Gasteiger partial charge >= 0.3 is 6.36 Å². The summed E-state index contributed by atoms with van der Waals surface area (Å²) in [4.78, 5) is 30.7. The second kappa shape index (κ2) is 8.99. The number of thiazole rings is 1. The van der Waals surface area contributed by atoms with Crippen LogP contribution in [0.3, 0.4) is 0 Å². The largest absolute Gasteiger partial charge is 0.573 e. The molecule has 1 aromatic heterocycles. The average molecular weight is 461 g/mol. The molecule has 166 valence electrons. The molecule has 2 aromatic carbocycles. The Morgan fingerprint density at radius 2 is 1.75 bits per heavy atom. The van der Waals surface area contributed by atoms with Gasteiger partial charge in [-0.2, -0.15) is 0 Å². The van der Waals surface area contributed by atoms with Crippen molar-refractivity contribution in [2.45, 2.75) is 31.5 Å². The van der Waals surface area contributed by atoms with Crippen LogP contribution in [0.5, 0.6) is 5.75 Å². The number of carbonyl (C=O) groups is 2. The molecule has 2 amide bonds. The molecule has 0 saturated heterocycles. The van der Waals surface area contributed by atoms with E-state index in [9.17, 15) is 22.8 Å². The molecular formula is C22H18F3N3O3S. The van der Waals surface area contributed by atoms with Crippen molar-refractivity contribution in [2.24, 2.45) is 0 Å². The Labute approximate surface area is 185 Å². The highest BCUT2D eigenvalue weighted by Gasteiger charge is 2.32. The number of amides is 2. The van der Waals surface area contributed by atoms with Crippen LogP contribution in [-0.4, -0.2) is 23.2 Å². The van der Waals surface area contributed by atoms with Gasteiger partial charge in [0.1, 0.15) is 5.75 Å². The van der Waals surface area contributed by atoms with Gasteiger partial charge < -0.3 is 10.1 Å². The first-order valence-electron chi connectivity index (χ1n) is 9.81. The van der Waals surface area contributed by atoms with E-state index >= 15 is 0 Å². The summed E-state index contributed by atoms with van der Waals surface area (Å²) >= 11 is 1.35. The van der Waals surface area contributed by atoms with E-state index in [-0.39, 0.29) is 17.6 Å². The highest BCUT2D eigenvalue weighted by Crippen LogP contribution is 2.37. The molecule has 3 aromatic rings. The molecule has 10 heteroatoms. The predicted molar refractivity (Wildman–Crippen MR) is 114 cm³/mol. The zero-order chi connectivity index (χ0) is 22.7. The normalized spacial score (nSPS) is 15.5. The fourth-order valence-electron chi connectivity index (χ4n) is 3.46. The molecule has 0 fully saturated rings. The summed E-state index contributed by atoms with van der Waals surface area (Å²) in [5.74, 6) is -1.46. The Kier molecular flexibility index (Phi) is 6.13. The Morgan fingerprint density at radius 3 is 2.44 bits per heavy atom. The van der Waals surface area contributed by atoms with Gasteiger partial charge in [-0.05, 0) is 55.7 Å². The Hall–Kier alpha value is -3.40. The van der Waals surface area contributed by atoms with Gasteiger partial charge in [0.25, 0.3) is 5.91 Å². The van der Waals surface area contributed by atoms with E-state index in [1.165, 1.54) is 23.5 Å². The summed E-state index contributed by atoms with van der Waals surface area (Å²) in [5, 5.41) is 5.93. The maximum Gasteiger partial charge on any atom is 0.573 e. The topological polar surface area (TPSA) is 80.3 Å². The molecule has 0 radical (unpaired) electrons. The van der Waals surface area contributed by atoms with Crippen LogP contribution < -0.4 is 15.4 Å². The van der Waals surface area contributed by atoms with Crippen LogP contribution in [0.25, 0.3) is 0 Å². The van der Waals surface area contributed by atoms with Crippen molar-refractivity contribution in [3.8, 4) is 5.75 Å². The van der Waals surface area contributed by atoms with E-state index in [0.29, 0.717) is 28.5 Å². The van der Waals surface area contributed by atoms with Gasteiger partial charge in [0.05, 0.1) is 11.6 Å². The van der Waals surface area contributed by atoms with Crippen LogP contribution >= 0.6 is 11.3 Å². The maximum atomic E-state index is 12.9. The van der Waals surface area contributed by atoms with E-state index in [1.54, 1.807) is 24.3 Å². The van der Waals surface area contributed by atoms with E-state index in [1.807, 2.05) is 6.07 Å². The Morgan fingerprint density at radius 1 is 1.03 bits per heavy atom. The third-order valence-electron chi connectivity index (χ3n) is 4.88. The van der Waals surface area contributed by atoms with Crippen molar-refractivity contribution in [3.63, 3.8) is 0 Å². The molecular weight excluding hydrogens is 443 g/mol. The molecule has 1 atom stereocenters. The number of nitrogens with zero attached hydrogens (tertiary/aromatic N) is 1. The molecule has 1 heterocycles. The Bertz CT molecular complexity index is 1110. The number of carbonyl (C=O) groups excluding carboxylic acids is 2. The quantitative estimate of drug-likeness (QED) is 0.537. The third kappa shape index (κ3) is 5.25. The number of aromatic nitrogens is 1. The van der Waals surface area contributed by atoms with Crippen LogP contribution in [0.4, 0.5) is 24.0 Å². The molecule has 4 rings (SSSR count). The number of hydrogen-bond donors (Lipinski definition) is 2. The van der Waals surface area contributed by atoms with E-state index < -0.39 is 12.3 Å². The molecule has 0 spiro atoms. The van der Waals surface area contributed by atoms with Crippen molar-refractivity contribution in [1.82, 2.24) is 4.98 Å². The van der Waals surface area contributed by atoms with Gasteiger partial charge in [-0.15, -0.1) is 24.5 Å². The van der Waals surface area contributed by atoms with Crippen molar-refractivity contribution in [3.05, 3.63) is 70.7 Å². The number of nitrogens with one attached hydrogen (secondary N) is 2. The van der Waals surface area contributed by atoms with Gasteiger partial charge in [0.2, 0.25) is 5.91 Å². The van der Waals surface area contributed by atoms with Crippen LogP contribution in [-0.2, 0) is 11.2 Å². The number of fused-ring (bicyclic) bond motifs is 1. The lowest BCUT2D eigenvalue weighted by atomic mass is 9.90. The van der Waals surface area contributed by atoms with E-state index in [4.69, 9.17) is 0 Å². The fourth-order valence-corrected chi connectivity index (χ4v) is 4.52. The zero-order valence-electron chi connectivity index (χ0n) is 16.6. The smallest absolute Gasteiger partial charge is 0.406 e. The molecule has 1 aliphatic carbocycles. The van der Waals surface area contributed by atoms with Gasteiger partial charge in [-0.1, -0.05) is 18.2 Å². The number of ether oxygens (including phenoxy) is 1. The predicted octanol–water partition coefficient (Wildman–Crippen LogP) is 5.35. The maximum absolute atomic E-state index is 12.9. The first-order valence-corrected chi connectivity index (χ1v) is 10.6. The summed E-state index contributed by atoms with van der Waals surface area (Å²) < 4.78 is 40.7. The summed E-state index contributed by atoms with van der Waals surface area (Å²) in [6, 6.07) is 13.7. The summed E-state index contributed by atoms with van der Waals surface area (Å²) in [6.45, 7) is 0. The van der Waals surface area contributed by atoms with E-state index in [0.717, 1.165) is 29.9 Å².